The number of amides is 3. The van der Waals surface area contributed by atoms with Crippen LogP contribution in [0.1, 0.15) is 19.8 Å². The maximum atomic E-state index is 13.5. The van der Waals surface area contributed by atoms with Crippen molar-refractivity contribution in [2.24, 2.45) is 0 Å². The molecule has 0 aromatic heterocycles. The summed E-state index contributed by atoms with van der Waals surface area (Å²) in [7, 11) is 0. The molecular formula is C16H18F3N3O4. The molecule has 26 heavy (non-hydrogen) atoms. The first-order valence-electron chi connectivity index (χ1n) is 8.00. The number of nitrogens with zero attached hydrogens (tertiary/aromatic N) is 1. The molecule has 1 aliphatic rings. The highest BCUT2D eigenvalue weighted by Gasteiger charge is 2.27. The van der Waals surface area contributed by atoms with Crippen LogP contribution in [-0.2, 0) is 14.3 Å². The molecule has 1 aliphatic heterocycles. The van der Waals surface area contributed by atoms with Crippen molar-refractivity contribution in [2.45, 2.75) is 25.8 Å². The summed E-state index contributed by atoms with van der Waals surface area (Å²) in [4.78, 5) is 36.7. The molecule has 2 rings (SSSR count). The Morgan fingerprint density at radius 3 is 2.38 bits per heavy atom. The molecule has 0 unspecified atom stereocenters. The van der Waals surface area contributed by atoms with Crippen LogP contribution in [0.25, 0.3) is 0 Å². The first-order valence-corrected chi connectivity index (χ1v) is 8.00. The summed E-state index contributed by atoms with van der Waals surface area (Å²) in [5, 5.41) is 4.35. The zero-order valence-electron chi connectivity index (χ0n) is 14.0. The van der Waals surface area contributed by atoms with Crippen molar-refractivity contribution >= 4 is 23.6 Å². The summed E-state index contributed by atoms with van der Waals surface area (Å²) in [5.74, 6) is -6.98. The Morgan fingerprint density at radius 2 is 1.77 bits per heavy atom. The van der Waals surface area contributed by atoms with Gasteiger partial charge in [0.1, 0.15) is 0 Å². The fourth-order valence-electron chi connectivity index (χ4n) is 2.47. The van der Waals surface area contributed by atoms with Crippen molar-refractivity contribution < 1.29 is 32.3 Å². The van der Waals surface area contributed by atoms with Crippen LogP contribution >= 0.6 is 0 Å². The summed E-state index contributed by atoms with van der Waals surface area (Å²) in [6.45, 7) is 2.65. The zero-order valence-corrected chi connectivity index (χ0v) is 14.0. The van der Waals surface area contributed by atoms with Crippen molar-refractivity contribution in [1.82, 2.24) is 10.2 Å². The van der Waals surface area contributed by atoms with Crippen LogP contribution in [0.15, 0.2) is 12.1 Å². The third-order valence-corrected chi connectivity index (χ3v) is 3.85. The van der Waals surface area contributed by atoms with E-state index in [1.54, 1.807) is 6.92 Å². The number of halogens is 3. The second-order valence-electron chi connectivity index (χ2n) is 5.61. The molecule has 0 atom stereocenters. The lowest BCUT2D eigenvalue weighted by atomic mass is 10.1. The van der Waals surface area contributed by atoms with Gasteiger partial charge in [-0.3, -0.25) is 9.59 Å². The predicted octanol–water partition coefficient (Wildman–Crippen LogP) is 1.78. The Labute approximate surface area is 147 Å². The van der Waals surface area contributed by atoms with Crippen LogP contribution in [0.5, 0.6) is 0 Å². The van der Waals surface area contributed by atoms with Gasteiger partial charge in [0.05, 0.1) is 12.3 Å². The first-order chi connectivity index (χ1) is 12.3. The van der Waals surface area contributed by atoms with Crippen LogP contribution in [0, 0.1) is 17.5 Å². The largest absolute Gasteiger partial charge is 0.450 e. The predicted molar refractivity (Wildman–Crippen MR) is 84.7 cm³/mol. The number of ether oxygens (including phenoxy) is 1. The molecule has 1 saturated heterocycles. The second-order valence-corrected chi connectivity index (χ2v) is 5.61. The van der Waals surface area contributed by atoms with E-state index in [0.29, 0.717) is 32.0 Å². The molecule has 0 bridgehead atoms. The van der Waals surface area contributed by atoms with E-state index in [1.807, 2.05) is 5.32 Å². The average molecular weight is 373 g/mol. The molecule has 0 aliphatic carbocycles. The standard InChI is InChI=1S/C16H18F3N3O4/c1-2-26-16(25)22-7-5-9(6-8-22)20-14(23)15(24)21-11-4-3-10(17)12(18)13(11)19/h3-4,9H,2,5-8H2,1H3,(H,20,23)(H,21,24). The lowest BCUT2D eigenvalue weighted by Crippen LogP contribution is -2.49. The van der Waals surface area contributed by atoms with Crippen LogP contribution < -0.4 is 10.6 Å². The van der Waals surface area contributed by atoms with Gasteiger partial charge in [0.25, 0.3) is 0 Å². The smallest absolute Gasteiger partial charge is 0.409 e. The van der Waals surface area contributed by atoms with Crippen molar-refractivity contribution in [2.75, 3.05) is 25.0 Å². The molecule has 0 spiro atoms. The lowest BCUT2D eigenvalue weighted by molar-refractivity contribution is -0.136. The van der Waals surface area contributed by atoms with Crippen molar-refractivity contribution in [3.63, 3.8) is 0 Å². The molecule has 10 heteroatoms. The highest BCUT2D eigenvalue weighted by atomic mass is 19.2. The van der Waals surface area contributed by atoms with Gasteiger partial charge in [-0.05, 0) is 31.9 Å². The number of rotatable bonds is 3. The molecule has 7 nitrogen and oxygen atoms in total. The van der Waals surface area contributed by atoms with Gasteiger partial charge in [-0.1, -0.05) is 0 Å². The fourth-order valence-corrected chi connectivity index (χ4v) is 2.47. The van der Waals surface area contributed by atoms with Gasteiger partial charge in [-0.25, -0.2) is 18.0 Å². The monoisotopic (exact) mass is 373 g/mol. The summed E-state index contributed by atoms with van der Waals surface area (Å²) in [6.07, 6.45) is 0.387. The molecule has 0 saturated carbocycles. The number of carbonyl (C=O) groups is 3. The van der Waals surface area contributed by atoms with Crippen LogP contribution in [-0.4, -0.2) is 48.5 Å². The van der Waals surface area contributed by atoms with E-state index < -0.39 is 41.0 Å². The van der Waals surface area contributed by atoms with Gasteiger partial charge in [0.2, 0.25) is 0 Å². The summed E-state index contributed by atoms with van der Waals surface area (Å²) >= 11 is 0. The number of piperidine rings is 1. The number of nitrogens with one attached hydrogen (secondary N) is 2. The van der Waals surface area contributed by atoms with Crippen LogP contribution in [0.3, 0.4) is 0 Å². The number of likely N-dealkylation sites (tertiary alicyclic amines) is 1. The quantitative estimate of drug-likeness (QED) is 0.625. The molecule has 1 heterocycles. The highest BCUT2D eigenvalue weighted by Crippen LogP contribution is 2.19. The molecule has 0 radical (unpaired) electrons. The van der Waals surface area contributed by atoms with E-state index in [-0.39, 0.29) is 12.6 Å². The Hall–Kier alpha value is -2.78. The van der Waals surface area contributed by atoms with Crippen molar-refractivity contribution in [3.05, 3.63) is 29.6 Å². The average Bonchev–Trinajstić information content (AvgIpc) is 2.63. The molecule has 2 N–H and O–H groups in total. The third kappa shape index (κ3) is 4.64. The topological polar surface area (TPSA) is 87.7 Å². The SMILES string of the molecule is CCOC(=O)N1CCC(NC(=O)C(=O)Nc2ccc(F)c(F)c2F)CC1. The number of benzene rings is 1. The first kappa shape index (κ1) is 19.5. The van der Waals surface area contributed by atoms with Gasteiger partial charge in [0.15, 0.2) is 17.5 Å². The van der Waals surface area contributed by atoms with E-state index in [2.05, 4.69) is 5.32 Å². The summed E-state index contributed by atoms with van der Waals surface area (Å²) in [5.41, 5.74) is -0.638. The molecule has 3 amide bonds. The van der Waals surface area contributed by atoms with Crippen LogP contribution in [0.4, 0.5) is 23.7 Å². The van der Waals surface area contributed by atoms with E-state index in [4.69, 9.17) is 4.74 Å². The maximum absolute atomic E-state index is 13.5. The number of anilines is 1. The third-order valence-electron chi connectivity index (χ3n) is 3.85. The van der Waals surface area contributed by atoms with Gasteiger partial charge >= 0.3 is 17.9 Å². The highest BCUT2D eigenvalue weighted by molar-refractivity contribution is 6.39. The van der Waals surface area contributed by atoms with Crippen molar-refractivity contribution in [1.29, 1.82) is 0 Å². The minimum absolute atomic E-state index is 0.260. The summed E-state index contributed by atoms with van der Waals surface area (Å²) in [6, 6.07) is 1.10. The van der Waals surface area contributed by atoms with E-state index >= 15 is 0 Å². The molecular weight excluding hydrogens is 355 g/mol. The van der Waals surface area contributed by atoms with Gasteiger partial charge in [-0.2, -0.15) is 0 Å². The Balaban J connectivity index is 1.86. The van der Waals surface area contributed by atoms with Gasteiger partial charge in [-0.15, -0.1) is 0 Å². The summed E-state index contributed by atoms with van der Waals surface area (Å²) < 4.78 is 44.4. The zero-order chi connectivity index (χ0) is 19.3. The van der Waals surface area contributed by atoms with Gasteiger partial charge < -0.3 is 20.3 Å². The Morgan fingerprint density at radius 1 is 1.12 bits per heavy atom. The minimum Gasteiger partial charge on any atom is -0.450 e. The number of carbonyl (C=O) groups excluding carboxylic acids is 3. The number of hydrogen-bond donors (Lipinski definition) is 2. The van der Waals surface area contributed by atoms with Crippen LogP contribution in [0.2, 0.25) is 0 Å². The van der Waals surface area contributed by atoms with Gasteiger partial charge in [0, 0.05) is 19.1 Å². The second kappa shape index (κ2) is 8.54. The molecule has 1 fully saturated rings. The molecule has 1 aromatic carbocycles. The molecule has 142 valence electrons. The van der Waals surface area contributed by atoms with Crippen molar-refractivity contribution in [3.8, 4) is 0 Å². The molecule has 1 aromatic rings. The van der Waals surface area contributed by atoms with E-state index in [9.17, 15) is 27.6 Å². The lowest BCUT2D eigenvalue weighted by Gasteiger charge is -2.31. The fraction of sp³-hybridized carbons (Fsp3) is 0.438. The Kier molecular flexibility index (Phi) is 6.42. The maximum Gasteiger partial charge on any atom is 0.409 e. The minimum atomic E-state index is -1.74. The Bertz CT molecular complexity index is 706. The van der Waals surface area contributed by atoms with E-state index in [1.165, 1.54) is 4.90 Å². The number of hydrogen-bond acceptors (Lipinski definition) is 4. The van der Waals surface area contributed by atoms with E-state index in [0.717, 1.165) is 6.07 Å². The normalized spacial score (nSPS) is 14.7.